The van der Waals surface area contributed by atoms with Crippen LogP contribution in [0.5, 0.6) is 0 Å². The molecule has 1 aromatic heterocycles. The fourth-order valence-corrected chi connectivity index (χ4v) is 2.61. The van der Waals surface area contributed by atoms with Gasteiger partial charge in [-0.25, -0.2) is 9.97 Å². The number of benzene rings is 2. The number of hydrogen-bond acceptors (Lipinski definition) is 4. The first-order chi connectivity index (χ1) is 12.6. The maximum atomic E-state index is 12.5. The lowest BCUT2D eigenvalue weighted by Crippen LogP contribution is -2.16. The molecule has 0 saturated carbocycles. The Kier molecular flexibility index (Phi) is 5.59. The number of aryl methyl sites for hydroxylation is 1. The van der Waals surface area contributed by atoms with E-state index in [0.29, 0.717) is 18.2 Å². The van der Waals surface area contributed by atoms with E-state index in [4.69, 9.17) is 0 Å². The predicted octanol–water partition coefficient (Wildman–Crippen LogP) is 4.00. The Morgan fingerprint density at radius 1 is 1.00 bits per heavy atom. The zero-order chi connectivity index (χ0) is 18.4. The molecule has 1 heterocycles. The van der Waals surface area contributed by atoms with Gasteiger partial charge in [0.2, 0.25) is 5.95 Å². The van der Waals surface area contributed by atoms with E-state index in [2.05, 4.69) is 32.7 Å². The summed E-state index contributed by atoms with van der Waals surface area (Å²) < 4.78 is 0. The third-order valence-electron chi connectivity index (χ3n) is 4.28. The molecule has 0 aliphatic heterocycles. The van der Waals surface area contributed by atoms with Gasteiger partial charge in [0.25, 0.3) is 5.91 Å². The number of rotatable bonds is 6. The highest BCUT2D eigenvalue weighted by Gasteiger charge is 2.11. The van der Waals surface area contributed by atoms with Gasteiger partial charge in [-0.2, -0.15) is 0 Å². The topological polar surface area (TPSA) is 66.9 Å². The van der Waals surface area contributed by atoms with Crippen LogP contribution in [0.4, 0.5) is 11.6 Å². The molecule has 3 aromatic rings. The summed E-state index contributed by atoms with van der Waals surface area (Å²) in [5.41, 5.74) is 4.56. The van der Waals surface area contributed by atoms with E-state index in [1.165, 1.54) is 5.56 Å². The van der Waals surface area contributed by atoms with Crippen LogP contribution in [0.3, 0.4) is 0 Å². The average Bonchev–Trinajstić information content (AvgIpc) is 2.66. The number of carbonyl (C=O) groups excluding carboxylic acids is 1. The van der Waals surface area contributed by atoms with Crippen molar-refractivity contribution < 1.29 is 4.79 Å². The van der Waals surface area contributed by atoms with Gasteiger partial charge in [-0.3, -0.25) is 4.79 Å². The molecule has 5 nitrogen and oxygen atoms in total. The minimum atomic E-state index is -0.243. The molecule has 0 unspecified atom stereocenters. The zero-order valence-corrected chi connectivity index (χ0v) is 15.0. The molecule has 26 heavy (non-hydrogen) atoms. The van der Waals surface area contributed by atoms with Crippen LogP contribution in [0.15, 0.2) is 60.8 Å². The molecule has 2 aromatic carbocycles. The normalized spacial score (nSPS) is 10.4. The summed E-state index contributed by atoms with van der Waals surface area (Å²) in [5.74, 6) is 0.210. The summed E-state index contributed by atoms with van der Waals surface area (Å²) in [6.45, 7) is 4.71. The first kappa shape index (κ1) is 17.6. The number of nitrogens with zero attached hydrogens (tertiary/aromatic N) is 2. The fourth-order valence-electron chi connectivity index (χ4n) is 2.61. The molecule has 0 aliphatic carbocycles. The Morgan fingerprint density at radius 2 is 1.81 bits per heavy atom. The highest BCUT2D eigenvalue weighted by Crippen LogP contribution is 2.18. The Balaban J connectivity index is 1.63. The summed E-state index contributed by atoms with van der Waals surface area (Å²) in [5, 5.41) is 6.09. The fraction of sp³-hybridized carbons (Fsp3) is 0.190. The van der Waals surface area contributed by atoms with Gasteiger partial charge in [0.1, 0.15) is 5.69 Å². The second-order valence-corrected chi connectivity index (χ2v) is 6.13. The van der Waals surface area contributed by atoms with E-state index >= 15 is 0 Å². The van der Waals surface area contributed by atoms with Gasteiger partial charge in [0, 0.05) is 18.4 Å². The second kappa shape index (κ2) is 8.25. The largest absolute Gasteiger partial charge is 0.354 e. The smallest absolute Gasteiger partial charge is 0.274 e. The minimum Gasteiger partial charge on any atom is -0.354 e. The molecule has 0 aliphatic rings. The highest BCUT2D eigenvalue weighted by atomic mass is 16.1. The number of aromatic nitrogens is 2. The molecule has 0 radical (unpaired) electrons. The van der Waals surface area contributed by atoms with Crippen LogP contribution in [0.2, 0.25) is 0 Å². The molecule has 132 valence electrons. The molecular formula is C21H22N4O. The third kappa shape index (κ3) is 4.45. The summed E-state index contributed by atoms with van der Waals surface area (Å²) in [4.78, 5) is 21.0. The van der Waals surface area contributed by atoms with E-state index in [-0.39, 0.29) is 5.91 Å². The third-order valence-corrected chi connectivity index (χ3v) is 4.28. The van der Waals surface area contributed by atoms with Crippen LogP contribution < -0.4 is 10.6 Å². The van der Waals surface area contributed by atoms with Crippen LogP contribution in [0, 0.1) is 13.8 Å². The van der Waals surface area contributed by atoms with Gasteiger partial charge in [0.05, 0.1) is 0 Å². The predicted molar refractivity (Wildman–Crippen MR) is 105 cm³/mol. The molecule has 0 spiro atoms. The van der Waals surface area contributed by atoms with E-state index in [0.717, 1.165) is 23.2 Å². The Labute approximate surface area is 153 Å². The van der Waals surface area contributed by atoms with Crippen molar-refractivity contribution in [1.29, 1.82) is 0 Å². The van der Waals surface area contributed by atoms with Crippen molar-refractivity contribution in [3.05, 3.63) is 83.2 Å². The Hall–Kier alpha value is -3.21. The molecule has 0 atom stereocenters. The Morgan fingerprint density at radius 3 is 2.62 bits per heavy atom. The molecule has 5 heteroatoms. The number of amides is 1. The van der Waals surface area contributed by atoms with Gasteiger partial charge in [-0.05, 0) is 49.1 Å². The minimum absolute atomic E-state index is 0.243. The lowest BCUT2D eigenvalue weighted by Gasteiger charge is -2.10. The maximum Gasteiger partial charge on any atom is 0.274 e. The van der Waals surface area contributed by atoms with Crippen LogP contribution in [-0.2, 0) is 6.42 Å². The summed E-state index contributed by atoms with van der Waals surface area (Å²) >= 11 is 0. The van der Waals surface area contributed by atoms with Gasteiger partial charge >= 0.3 is 0 Å². The summed E-state index contributed by atoms with van der Waals surface area (Å²) in [7, 11) is 0. The van der Waals surface area contributed by atoms with Crippen molar-refractivity contribution in [3.8, 4) is 0 Å². The first-order valence-electron chi connectivity index (χ1n) is 8.62. The van der Waals surface area contributed by atoms with Crippen LogP contribution in [0.25, 0.3) is 0 Å². The monoisotopic (exact) mass is 346 g/mol. The molecule has 3 rings (SSSR count). The van der Waals surface area contributed by atoms with E-state index < -0.39 is 0 Å². The standard InChI is InChI=1S/C21H22N4O/c1-15-7-6-10-18(16(15)2)24-20(26)19-12-14-23-21(25-19)22-13-11-17-8-4-3-5-9-17/h3-10,12,14H,11,13H2,1-2H3,(H,24,26)(H,22,23,25). The highest BCUT2D eigenvalue weighted by molar-refractivity contribution is 6.03. The quantitative estimate of drug-likeness (QED) is 0.708. The van der Waals surface area contributed by atoms with Crippen LogP contribution >= 0.6 is 0 Å². The van der Waals surface area contributed by atoms with E-state index in [1.54, 1.807) is 12.3 Å². The van der Waals surface area contributed by atoms with E-state index in [1.807, 2.05) is 50.2 Å². The van der Waals surface area contributed by atoms with Gasteiger partial charge in [-0.15, -0.1) is 0 Å². The molecule has 0 saturated heterocycles. The van der Waals surface area contributed by atoms with Gasteiger partial charge < -0.3 is 10.6 Å². The van der Waals surface area contributed by atoms with Crippen LogP contribution in [0.1, 0.15) is 27.2 Å². The molecular weight excluding hydrogens is 324 g/mol. The first-order valence-corrected chi connectivity index (χ1v) is 8.62. The lowest BCUT2D eigenvalue weighted by atomic mass is 10.1. The zero-order valence-electron chi connectivity index (χ0n) is 15.0. The average molecular weight is 346 g/mol. The second-order valence-electron chi connectivity index (χ2n) is 6.13. The lowest BCUT2D eigenvalue weighted by molar-refractivity contribution is 0.102. The SMILES string of the molecule is Cc1cccc(NC(=O)c2ccnc(NCCc3ccccc3)n2)c1C. The van der Waals surface area contributed by atoms with Gasteiger partial charge in [0.15, 0.2) is 0 Å². The van der Waals surface area contributed by atoms with Crippen molar-refractivity contribution in [2.75, 3.05) is 17.2 Å². The maximum absolute atomic E-state index is 12.5. The number of nitrogens with one attached hydrogen (secondary N) is 2. The molecule has 0 bridgehead atoms. The number of hydrogen-bond donors (Lipinski definition) is 2. The summed E-state index contributed by atoms with van der Waals surface area (Å²) in [6.07, 6.45) is 2.46. The van der Waals surface area contributed by atoms with Crippen molar-refractivity contribution in [2.24, 2.45) is 0 Å². The van der Waals surface area contributed by atoms with Crippen molar-refractivity contribution >= 4 is 17.5 Å². The van der Waals surface area contributed by atoms with Crippen molar-refractivity contribution in [3.63, 3.8) is 0 Å². The van der Waals surface area contributed by atoms with Crippen molar-refractivity contribution in [2.45, 2.75) is 20.3 Å². The molecule has 0 fully saturated rings. The molecule has 1 amide bonds. The number of anilines is 2. The summed E-state index contributed by atoms with van der Waals surface area (Å²) in [6, 6.07) is 17.6. The van der Waals surface area contributed by atoms with Gasteiger partial charge in [-0.1, -0.05) is 42.5 Å². The molecule has 2 N–H and O–H groups in total. The van der Waals surface area contributed by atoms with Crippen molar-refractivity contribution in [1.82, 2.24) is 9.97 Å². The Bertz CT molecular complexity index is 894. The number of carbonyl (C=O) groups is 1. The van der Waals surface area contributed by atoms with E-state index in [9.17, 15) is 4.79 Å². The van der Waals surface area contributed by atoms with Crippen LogP contribution in [-0.4, -0.2) is 22.4 Å².